The first-order chi connectivity index (χ1) is 12.4. The summed E-state index contributed by atoms with van der Waals surface area (Å²) in [6.45, 7) is 0.108. The van der Waals surface area contributed by atoms with Crippen molar-refractivity contribution in [3.63, 3.8) is 0 Å². The third-order valence-corrected chi connectivity index (χ3v) is 4.66. The summed E-state index contributed by atoms with van der Waals surface area (Å²) in [6.07, 6.45) is -1.05. The lowest BCUT2D eigenvalue weighted by Crippen LogP contribution is -2.44. The minimum atomic E-state index is -4.41. The Morgan fingerprint density at radius 2 is 2.00 bits per heavy atom. The lowest BCUT2D eigenvalue weighted by molar-refractivity contribution is -0.156. The van der Waals surface area contributed by atoms with Gasteiger partial charge in [-0.15, -0.1) is 0 Å². The first-order valence-electron chi connectivity index (χ1n) is 7.93. The predicted molar refractivity (Wildman–Crippen MR) is 90.0 cm³/mol. The Balaban J connectivity index is 1.77. The van der Waals surface area contributed by atoms with Crippen LogP contribution in [-0.4, -0.2) is 29.9 Å². The van der Waals surface area contributed by atoms with Crippen molar-refractivity contribution in [1.29, 1.82) is 5.26 Å². The van der Waals surface area contributed by atoms with Crippen molar-refractivity contribution < 1.29 is 17.9 Å². The van der Waals surface area contributed by atoms with Crippen molar-refractivity contribution in [2.75, 3.05) is 6.61 Å². The van der Waals surface area contributed by atoms with E-state index in [0.29, 0.717) is 11.3 Å². The number of nitriles is 1. The highest BCUT2D eigenvalue weighted by Gasteiger charge is 2.50. The molecule has 3 atom stereocenters. The molecule has 4 nitrogen and oxygen atoms in total. The third-order valence-electron chi connectivity index (χ3n) is 4.35. The van der Waals surface area contributed by atoms with Gasteiger partial charge in [-0.05, 0) is 36.2 Å². The fourth-order valence-electron chi connectivity index (χ4n) is 3.13. The number of ether oxygens (including phenoxy) is 1. The van der Waals surface area contributed by atoms with Gasteiger partial charge in [-0.25, -0.2) is 0 Å². The second-order valence-corrected chi connectivity index (χ2v) is 6.48. The largest absolute Gasteiger partial charge is 0.492 e. The first kappa shape index (κ1) is 18.5. The highest BCUT2D eigenvalue weighted by Crippen LogP contribution is 2.40. The van der Waals surface area contributed by atoms with E-state index in [1.807, 2.05) is 6.07 Å². The summed E-state index contributed by atoms with van der Waals surface area (Å²) in [5.41, 5.74) is 0.692. The van der Waals surface area contributed by atoms with Crippen LogP contribution in [0.15, 0.2) is 42.7 Å². The summed E-state index contributed by atoms with van der Waals surface area (Å²) in [5.74, 6) is -0.249. The van der Waals surface area contributed by atoms with E-state index in [1.54, 1.807) is 24.5 Å². The number of halogens is 4. The smallest absolute Gasteiger partial charge is 0.404 e. The molecule has 0 spiro atoms. The maximum absolute atomic E-state index is 13.5. The number of pyridine rings is 1. The minimum Gasteiger partial charge on any atom is -0.492 e. The molecule has 0 saturated carbocycles. The van der Waals surface area contributed by atoms with Crippen LogP contribution >= 0.6 is 11.6 Å². The molecule has 1 fully saturated rings. The van der Waals surface area contributed by atoms with Crippen LogP contribution in [0.1, 0.15) is 23.5 Å². The molecule has 3 unspecified atom stereocenters. The molecule has 1 N–H and O–H groups in total. The molecule has 2 aromatic rings. The zero-order valence-electron chi connectivity index (χ0n) is 13.5. The van der Waals surface area contributed by atoms with Crippen LogP contribution in [0.4, 0.5) is 13.2 Å². The van der Waals surface area contributed by atoms with Crippen LogP contribution in [0.2, 0.25) is 5.02 Å². The van der Waals surface area contributed by atoms with Gasteiger partial charge in [0.15, 0.2) is 0 Å². The van der Waals surface area contributed by atoms with E-state index < -0.39 is 24.2 Å². The van der Waals surface area contributed by atoms with Gasteiger partial charge >= 0.3 is 6.18 Å². The van der Waals surface area contributed by atoms with Crippen LogP contribution in [0.3, 0.4) is 0 Å². The van der Waals surface area contributed by atoms with Gasteiger partial charge in [0.05, 0.1) is 10.6 Å². The van der Waals surface area contributed by atoms with Gasteiger partial charge in [-0.3, -0.25) is 10.3 Å². The summed E-state index contributed by atoms with van der Waals surface area (Å²) in [7, 11) is 0. The van der Waals surface area contributed by atoms with Gasteiger partial charge < -0.3 is 4.74 Å². The van der Waals surface area contributed by atoms with Crippen LogP contribution in [-0.2, 0) is 0 Å². The predicted octanol–water partition coefficient (Wildman–Crippen LogP) is 4.06. The van der Waals surface area contributed by atoms with Gasteiger partial charge in [0.25, 0.3) is 0 Å². The third kappa shape index (κ3) is 4.09. The van der Waals surface area contributed by atoms with E-state index in [1.165, 1.54) is 18.2 Å². The number of hydrogen-bond acceptors (Lipinski definition) is 4. The van der Waals surface area contributed by atoms with E-state index in [-0.39, 0.29) is 23.6 Å². The molecule has 1 aromatic carbocycles. The standard InChI is InChI=1S/C18H15ClF3N3O/c19-16-7-11(1-2-12(16)9-23)15-8-13(25-17(15)18(20,21)22)10-26-14-3-5-24-6-4-14/h1-7,13,15,17,25H,8,10H2. The number of aromatic nitrogens is 1. The molecule has 1 aliphatic rings. The van der Waals surface area contributed by atoms with Crippen LogP contribution in [0.5, 0.6) is 5.75 Å². The summed E-state index contributed by atoms with van der Waals surface area (Å²) < 4.78 is 46.0. The van der Waals surface area contributed by atoms with E-state index in [2.05, 4.69) is 10.3 Å². The number of nitrogens with one attached hydrogen (secondary N) is 1. The molecule has 26 heavy (non-hydrogen) atoms. The first-order valence-corrected chi connectivity index (χ1v) is 8.31. The lowest BCUT2D eigenvalue weighted by Gasteiger charge is -2.23. The molecule has 3 rings (SSSR count). The Hall–Kier alpha value is -2.30. The number of nitrogens with zero attached hydrogens (tertiary/aromatic N) is 2. The molecule has 0 bridgehead atoms. The minimum absolute atomic E-state index is 0.108. The molecule has 0 radical (unpaired) electrons. The zero-order chi connectivity index (χ0) is 18.7. The van der Waals surface area contributed by atoms with E-state index in [9.17, 15) is 13.2 Å². The summed E-state index contributed by atoms with van der Waals surface area (Å²) in [4.78, 5) is 3.86. The maximum atomic E-state index is 13.5. The molecule has 1 saturated heterocycles. The maximum Gasteiger partial charge on any atom is 0.404 e. The number of alkyl halides is 3. The molecule has 1 aliphatic heterocycles. The van der Waals surface area contributed by atoms with Gasteiger partial charge in [0.2, 0.25) is 0 Å². The van der Waals surface area contributed by atoms with Gasteiger partial charge in [-0.1, -0.05) is 17.7 Å². The molecule has 1 aromatic heterocycles. The second-order valence-electron chi connectivity index (χ2n) is 6.07. The van der Waals surface area contributed by atoms with Crippen LogP contribution in [0.25, 0.3) is 0 Å². The molecule has 2 heterocycles. The highest BCUT2D eigenvalue weighted by molar-refractivity contribution is 6.31. The molecule has 136 valence electrons. The number of benzene rings is 1. The van der Waals surface area contributed by atoms with Crippen molar-refractivity contribution in [3.05, 3.63) is 58.9 Å². The average Bonchev–Trinajstić information content (AvgIpc) is 3.05. The Kier molecular flexibility index (Phi) is 5.35. The quantitative estimate of drug-likeness (QED) is 0.867. The lowest BCUT2D eigenvalue weighted by atomic mass is 9.90. The molecular formula is C18H15ClF3N3O. The fraction of sp³-hybridized carbons (Fsp3) is 0.333. The summed E-state index contributed by atoms with van der Waals surface area (Å²) in [6, 6.07) is 7.46. The van der Waals surface area contributed by atoms with E-state index >= 15 is 0 Å². The van der Waals surface area contributed by atoms with E-state index in [4.69, 9.17) is 21.6 Å². The van der Waals surface area contributed by atoms with Gasteiger partial charge in [0.1, 0.15) is 24.5 Å². The summed E-state index contributed by atoms with van der Waals surface area (Å²) >= 11 is 5.99. The summed E-state index contributed by atoms with van der Waals surface area (Å²) in [5, 5.41) is 11.7. The van der Waals surface area contributed by atoms with Crippen LogP contribution < -0.4 is 10.1 Å². The highest BCUT2D eigenvalue weighted by atomic mass is 35.5. The van der Waals surface area contributed by atoms with Crippen molar-refractivity contribution in [3.8, 4) is 11.8 Å². The second kappa shape index (κ2) is 7.52. The normalized spacial score (nSPS) is 22.8. The van der Waals surface area contributed by atoms with Crippen molar-refractivity contribution in [2.24, 2.45) is 0 Å². The Morgan fingerprint density at radius 3 is 2.62 bits per heavy atom. The van der Waals surface area contributed by atoms with Crippen molar-refractivity contribution in [2.45, 2.75) is 30.6 Å². The SMILES string of the molecule is N#Cc1ccc(C2CC(COc3ccncc3)NC2C(F)(F)F)cc1Cl. The van der Waals surface area contributed by atoms with Crippen molar-refractivity contribution >= 4 is 11.6 Å². The fourth-order valence-corrected chi connectivity index (χ4v) is 3.36. The zero-order valence-corrected chi connectivity index (χ0v) is 14.3. The molecule has 0 aliphatic carbocycles. The monoisotopic (exact) mass is 381 g/mol. The number of rotatable bonds is 4. The average molecular weight is 382 g/mol. The van der Waals surface area contributed by atoms with Crippen LogP contribution in [0, 0.1) is 11.3 Å². The van der Waals surface area contributed by atoms with E-state index in [0.717, 1.165) is 0 Å². The molecule has 8 heteroatoms. The molecule has 0 amide bonds. The molecular weight excluding hydrogens is 367 g/mol. The number of hydrogen-bond donors (Lipinski definition) is 1. The topological polar surface area (TPSA) is 57.9 Å². The Bertz CT molecular complexity index is 808. The Morgan fingerprint density at radius 1 is 1.27 bits per heavy atom. The van der Waals surface area contributed by atoms with Gasteiger partial charge in [-0.2, -0.15) is 18.4 Å². The van der Waals surface area contributed by atoms with Crippen molar-refractivity contribution in [1.82, 2.24) is 10.3 Å². The van der Waals surface area contributed by atoms with Gasteiger partial charge in [0, 0.05) is 24.4 Å². The Labute approximate surface area is 153 Å².